The van der Waals surface area contributed by atoms with Crippen LogP contribution in [0.25, 0.3) is 5.57 Å². The van der Waals surface area contributed by atoms with Crippen LogP contribution in [-0.2, 0) is 10.1 Å². The quantitative estimate of drug-likeness (QED) is 0.740. The molecule has 1 aliphatic rings. The molecular weight excluding hydrogens is 390 g/mol. The lowest BCUT2D eigenvalue weighted by Gasteiger charge is -2.31. The van der Waals surface area contributed by atoms with Gasteiger partial charge < -0.3 is 9.50 Å². The molecule has 0 saturated heterocycles. The lowest BCUT2D eigenvalue weighted by molar-refractivity contribution is 0.486. The first-order chi connectivity index (χ1) is 11.2. The second kappa shape index (κ2) is 5.93. The van der Waals surface area contributed by atoms with Crippen molar-refractivity contribution < 1.29 is 12.6 Å². The van der Waals surface area contributed by atoms with E-state index < -0.39 is 10.1 Å². The van der Waals surface area contributed by atoms with E-state index in [2.05, 4.69) is 41.2 Å². The molecule has 0 fully saturated rings. The first-order valence-corrected chi connectivity index (χ1v) is 9.69. The average molecular weight is 408 g/mol. The smallest absolute Gasteiger partial charge is 0.339 e. The molecule has 3 rings (SSSR count). The molecule has 2 aromatic carbocycles. The molecule has 0 atom stereocenters. The zero-order chi connectivity index (χ0) is 17.5. The van der Waals surface area contributed by atoms with Crippen molar-refractivity contribution >= 4 is 37.3 Å². The highest BCUT2D eigenvalue weighted by Gasteiger charge is 2.24. The van der Waals surface area contributed by atoms with Gasteiger partial charge in [0.1, 0.15) is 10.6 Å². The maximum Gasteiger partial charge on any atom is 0.339 e. The largest absolute Gasteiger partial charge is 0.379 e. The number of benzene rings is 2. The number of hydrogen-bond donors (Lipinski definition) is 1. The summed E-state index contributed by atoms with van der Waals surface area (Å²) in [6.45, 7) is 6.18. The Kier molecular flexibility index (Phi) is 4.21. The maximum absolute atomic E-state index is 12.4. The maximum atomic E-state index is 12.4. The van der Waals surface area contributed by atoms with Gasteiger partial charge in [-0.1, -0.05) is 22.0 Å². The lowest BCUT2D eigenvalue weighted by atomic mass is 9.91. The average Bonchev–Trinajstić information content (AvgIpc) is 2.47. The molecule has 0 amide bonds. The van der Waals surface area contributed by atoms with E-state index in [9.17, 15) is 8.42 Å². The van der Waals surface area contributed by atoms with Crippen LogP contribution in [0, 0.1) is 0 Å². The van der Waals surface area contributed by atoms with Crippen molar-refractivity contribution in [2.75, 3.05) is 5.32 Å². The molecule has 4 nitrogen and oxygen atoms in total. The summed E-state index contributed by atoms with van der Waals surface area (Å²) in [6.07, 6.45) is 2.11. The van der Waals surface area contributed by atoms with Gasteiger partial charge >= 0.3 is 10.1 Å². The third kappa shape index (κ3) is 3.49. The number of halogens is 1. The minimum absolute atomic E-state index is 0.120. The highest BCUT2D eigenvalue weighted by atomic mass is 79.9. The molecule has 0 radical (unpaired) electrons. The second-order valence-corrected chi connectivity index (χ2v) is 8.83. The van der Waals surface area contributed by atoms with Crippen molar-refractivity contribution in [3.63, 3.8) is 0 Å². The fraction of sp³-hybridized carbons (Fsp3) is 0.222. The minimum Gasteiger partial charge on any atom is -0.379 e. The molecule has 0 saturated carbocycles. The number of nitrogens with one attached hydrogen (secondary N) is 1. The van der Waals surface area contributed by atoms with Gasteiger partial charge in [0.05, 0.1) is 5.54 Å². The predicted molar refractivity (Wildman–Crippen MR) is 99.8 cm³/mol. The molecule has 24 heavy (non-hydrogen) atoms. The zero-order valence-electron chi connectivity index (χ0n) is 13.6. The normalized spacial score (nSPS) is 15.9. The Hall–Kier alpha value is -1.79. The van der Waals surface area contributed by atoms with Crippen molar-refractivity contribution in [3.8, 4) is 5.75 Å². The molecule has 0 aromatic heterocycles. The van der Waals surface area contributed by atoms with Crippen LogP contribution < -0.4 is 9.50 Å². The highest BCUT2D eigenvalue weighted by molar-refractivity contribution is 9.10. The van der Waals surface area contributed by atoms with Gasteiger partial charge in [0.15, 0.2) is 0 Å². The van der Waals surface area contributed by atoms with E-state index in [-0.39, 0.29) is 10.4 Å². The van der Waals surface area contributed by atoms with E-state index in [0.717, 1.165) is 21.3 Å². The summed E-state index contributed by atoms with van der Waals surface area (Å²) in [6, 6.07) is 11.6. The Morgan fingerprint density at radius 3 is 2.42 bits per heavy atom. The number of allylic oxidation sites excluding steroid dienone is 1. The molecule has 6 heteroatoms. The van der Waals surface area contributed by atoms with Gasteiger partial charge in [0, 0.05) is 15.7 Å². The summed E-state index contributed by atoms with van der Waals surface area (Å²) in [5.41, 5.74) is 2.86. The van der Waals surface area contributed by atoms with E-state index in [1.165, 1.54) is 12.1 Å². The molecule has 1 N–H and O–H groups in total. The Bertz CT molecular complexity index is 916. The first kappa shape index (κ1) is 17.0. The Labute approximate surface area is 150 Å². The summed E-state index contributed by atoms with van der Waals surface area (Å²) < 4.78 is 30.9. The SMILES string of the molecule is CC1=CC(C)(C)Nc2ccc(OS(=O)(=O)c3ccc(Br)cc3)cc21. The van der Waals surface area contributed by atoms with Crippen LogP contribution in [0.1, 0.15) is 26.3 Å². The molecule has 0 aliphatic carbocycles. The zero-order valence-corrected chi connectivity index (χ0v) is 16.0. The Morgan fingerprint density at radius 2 is 1.75 bits per heavy atom. The van der Waals surface area contributed by atoms with E-state index in [4.69, 9.17) is 4.18 Å². The van der Waals surface area contributed by atoms with Crippen molar-refractivity contribution in [1.29, 1.82) is 0 Å². The Morgan fingerprint density at radius 1 is 1.08 bits per heavy atom. The Balaban J connectivity index is 1.92. The van der Waals surface area contributed by atoms with Gasteiger partial charge in [-0.25, -0.2) is 0 Å². The van der Waals surface area contributed by atoms with E-state index >= 15 is 0 Å². The number of anilines is 1. The van der Waals surface area contributed by atoms with Crippen molar-refractivity contribution in [1.82, 2.24) is 0 Å². The number of fused-ring (bicyclic) bond motifs is 1. The van der Waals surface area contributed by atoms with Gasteiger partial charge in [0.2, 0.25) is 0 Å². The van der Waals surface area contributed by atoms with Crippen molar-refractivity contribution in [2.24, 2.45) is 0 Å². The minimum atomic E-state index is -3.86. The summed E-state index contributed by atoms with van der Waals surface area (Å²) in [5.74, 6) is 0.297. The van der Waals surface area contributed by atoms with Gasteiger partial charge in [-0.05, 0) is 68.8 Å². The van der Waals surface area contributed by atoms with Crippen molar-refractivity contribution in [2.45, 2.75) is 31.2 Å². The molecule has 0 bridgehead atoms. The molecule has 1 heterocycles. The van der Waals surface area contributed by atoms with Gasteiger partial charge in [-0.15, -0.1) is 0 Å². The van der Waals surface area contributed by atoms with Crippen LogP contribution in [0.15, 0.2) is 57.9 Å². The van der Waals surface area contributed by atoms with Gasteiger partial charge in [-0.2, -0.15) is 8.42 Å². The summed E-state index contributed by atoms with van der Waals surface area (Å²) in [5, 5.41) is 3.41. The number of hydrogen-bond acceptors (Lipinski definition) is 4. The van der Waals surface area contributed by atoms with Crippen LogP contribution in [-0.4, -0.2) is 14.0 Å². The number of rotatable bonds is 3. The fourth-order valence-electron chi connectivity index (χ4n) is 2.79. The third-order valence-corrected chi connectivity index (χ3v) is 5.55. The van der Waals surface area contributed by atoms with Crippen LogP contribution >= 0.6 is 15.9 Å². The summed E-state index contributed by atoms with van der Waals surface area (Å²) >= 11 is 3.29. The third-order valence-electron chi connectivity index (χ3n) is 3.76. The molecule has 2 aromatic rings. The molecule has 1 aliphatic heterocycles. The monoisotopic (exact) mass is 407 g/mol. The van der Waals surface area contributed by atoms with Crippen LogP contribution in [0.2, 0.25) is 0 Å². The molecule has 126 valence electrons. The standard InChI is InChI=1S/C18H18BrNO3S/c1-12-11-18(2,3)20-17-9-6-14(10-16(12)17)23-24(21,22)15-7-4-13(19)5-8-15/h4-11,20H,1-3H3. The van der Waals surface area contributed by atoms with Crippen LogP contribution in [0.4, 0.5) is 5.69 Å². The lowest BCUT2D eigenvalue weighted by Crippen LogP contribution is -2.31. The van der Waals surface area contributed by atoms with Gasteiger partial charge in [0.25, 0.3) is 0 Å². The predicted octanol–water partition coefficient (Wildman–Crippen LogP) is 4.82. The highest BCUT2D eigenvalue weighted by Crippen LogP contribution is 2.36. The first-order valence-electron chi connectivity index (χ1n) is 7.48. The second-order valence-electron chi connectivity index (χ2n) is 6.37. The van der Waals surface area contributed by atoms with E-state index in [0.29, 0.717) is 5.75 Å². The van der Waals surface area contributed by atoms with Crippen molar-refractivity contribution in [3.05, 3.63) is 58.6 Å². The molecular formula is C18H18BrNO3S. The topological polar surface area (TPSA) is 55.4 Å². The molecule has 0 spiro atoms. The van der Waals surface area contributed by atoms with Crippen LogP contribution in [0.3, 0.4) is 0 Å². The molecule has 0 unspecified atom stereocenters. The van der Waals surface area contributed by atoms with E-state index in [1.807, 2.05) is 13.0 Å². The van der Waals surface area contributed by atoms with Gasteiger partial charge in [-0.3, -0.25) is 0 Å². The van der Waals surface area contributed by atoms with E-state index in [1.54, 1.807) is 24.3 Å². The fourth-order valence-corrected chi connectivity index (χ4v) is 3.98. The summed E-state index contributed by atoms with van der Waals surface area (Å²) in [4.78, 5) is 0.120. The van der Waals surface area contributed by atoms with Crippen LogP contribution in [0.5, 0.6) is 5.75 Å². The summed E-state index contributed by atoms with van der Waals surface area (Å²) in [7, 11) is -3.86.